The lowest BCUT2D eigenvalue weighted by Gasteiger charge is -2.09. The quantitative estimate of drug-likeness (QED) is 0.678. The zero-order valence-electron chi connectivity index (χ0n) is 7.10. The highest BCUT2D eigenvalue weighted by molar-refractivity contribution is 5.71. The summed E-state index contributed by atoms with van der Waals surface area (Å²) in [6.07, 6.45) is 1.40. The van der Waals surface area contributed by atoms with Crippen molar-refractivity contribution in [3.63, 3.8) is 0 Å². The molecule has 1 rings (SSSR count). The zero-order chi connectivity index (χ0) is 10.0. The fourth-order valence-corrected chi connectivity index (χ4v) is 0.951. The molecule has 70 valence electrons. The van der Waals surface area contributed by atoms with Gasteiger partial charge in [-0.2, -0.15) is 0 Å². The smallest absolute Gasteiger partial charge is 0.326 e. The summed E-state index contributed by atoms with van der Waals surface area (Å²) in [6.45, 7) is 1.42. The zero-order valence-corrected chi connectivity index (χ0v) is 7.10. The van der Waals surface area contributed by atoms with Crippen molar-refractivity contribution in [2.45, 2.75) is 13.0 Å². The Hall–Kier alpha value is -1.78. The van der Waals surface area contributed by atoms with Gasteiger partial charge in [0.2, 0.25) is 0 Å². The number of pyridine rings is 1. The normalized spacial score (nSPS) is 12.4. The maximum atomic E-state index is 11.3. The summed E-state index contributed by atoms with van der Waals surface area (Å²) in [5.74, 6) is -1.06. The van der Waals surface area contributed by atoms with Gasteiger partial charge in [-0.3, -0.25) is 9.36 Å². The second-order valence-electron chi connectivity index (χ2n) is 2.69. The van der Waals surface area contributed by atoms with Gasteiger partial charge in [0.05, 0.1) is 5.69 Å². The molecule has 1 heterocycles. The van der Waals surface area contributed by atoms with Gasteiger partial charge in [-0.25, -0.2) is 4.79 Å². The van der Waals surface area contributed by atoms with E-state index in [0.717, 1.165) is 4.57 Å². The molecule has 1 aromatic rings. The van der Waals surface area contributed by atoms with Crippen LogP contribution in [0.5, 0.6) is 0 Å². The number of hydrogen-bond donors (Lipinski definition) is 2. The van der Waals surface area contributed by atoms with E-state index in [1.165, 1.54) is 25.3 Å². The number of aliphatic carboxylic acids is 1. The maximum absolute atomic E-state index is 11.3. The van der Waals surface area contributed by atoms with Crippen LogP contribution in [0.3, 0.4) is 0 Å². The molecule has 0 aliphatic heterocycles. The highest BCUT2D eigenvalue weighted by Crippen LogP contribution is 2.02. The van der Waals surface area contributed by atoms with E-state index in [4.69, 9.17) is 10.8 Å². The monoisotopic (exact) mass is 182 g/mol. The molecule has 0 bridgehead atoms. The van der Waals surface area contributed by atoms with Gasteiger partial charge < -0.3 is 10.8 Å². The third-order valence-electron chi connectivity index (χ3n) is 1.78. The predicted octanol–water partition coefficient (Wildman–Crippen LogP) is 0.0761. The average Bonchev–Trinajstić information content (AvgIpc) is 2.08. The molecule has 3 N–H and O–H groups in total. The van der Waals surface area contributed by atoms with E-state index in [9.17, 15) is 9.59 Å². The number of nitrogens with zero attached hydrogens (tertiary/aromatic N) is 1. The number of hydrogen-bond acceptors (Lipinski definition) is 3. The Bertz CT molecular complexity index is 383. The van der Waals surface area contributed by atoms with Crippen LogP contribution in [0.4, 0.5) is 5.69 Å². The van der Waals surface area contributed by atoms with Crippen LogP contribution >= 0.6 is 0 Å². The van der Waals surface area contributed by atoms with E-state index in [1.54, 1.807) is 0 Å². The van der Waals surface area contributed by atoms with E-state index in [0.29, 0.717) is 0 Å². The summed E-state index contributed by atoms with van der Waals surface area (Å²) in [5, 5.41) is 8.65. The van der Waals surface area contributed by atoms with Crippen LogP contribution in [0.15, 0.2) is 23.1 Å². The van der Waals surface area contributed by atoms with Crippen molar-refractivity contribution in [1.82, 2.24) is 4.57 Å². The summed E-state index contributed by atoms with van der Waals surface area (Å²) >= 11 is 0. The summed E-state index contributed by atoms with van der Waals surface area (Å²) in [5.41, 5.74) is 4.91. The largest absolute Gasteiger partial charge is 0.480 e. The minimum atomic E-state index is -1.06. The van der Waals surface area contributed by atoms with Gasteiger partial charge >= 0.3 is 5.97 Å². The van der Waals surface area contributed by atoms with Crippen LogP contribution in [-0.4, -0.2) is 15.6 Å². The van der Waals surface area contributed by atoms with Crippen LogP contribution in [0.25, 0.3) is 0 Å². The van der Waals surface area contributed by atoms with Crippen LogP contribution in [0.1, 0.15) is 13.0 Å². The molecule has 1 atom stereocenters. The van der Waals surface area contributed by atoms with Gasteiger partial charge in [0.15, 0.2) is 0 Å². The van der Waals surface area contributed by atoms with Crippen molar-refractivity contribution >= 4 is 11.7 Å². The molecular weight excluding hydrogens is 172 g/mol. The summed E-state index contributed by atoms with van der Waals surface area (Å²) in [6, 6.07) is 2.08. The molecular formula is C8H10N2O3. The second kappa shape index (κ2) is 3.30. The second-order valence-corrected chi connectivity index (χ2v) is 2.69. The summed E-state index contributed by atoms with van der Waals surface area (Å²) in [7, 11) is 0. The van der Waals surface area contributed by atoms with Crippen LogP contribution in [0, 0.1) is 0 Å². The van der Waals surface area contributed by atoms with Crippen LogP contribution < -0.4 is 11.3 Å². The Morgan fingerprint density at radius 2 is 2.31 bits per heavy atom. The van der Waals surface area contributed by atoms with E-state index in [-0.39, 0.29) is 5.69 Å². The minimum absolute atomic E-state index is 0.0515. The summed E-state index contributed by atoms with van der Waals surface area (Å²) < 4.78 is 1.08. The number of nitrogen functional groups attached to an aromatic ring is 1. The van der Waals surface area contributed by atoms with Crippen molar-refractivity contribution in [2.24, 2.45) is 0 Å². The molecule has 0 amide bonds. The molecule has 1 aromatic heterocycles. The molecule has 0 aromatic carbocycles. The van der Waals surface area contributed by atoms with E-state index < -0.39 is 17.6 Å². The van der Waals surface area contributed by atoms with Crippen LogP contribution in [-0.2, 0) is 4.79 Å². The number of nitrogens with two attached hydrogens (primary N) is 1. The fraction of sp³-hybridized carbons (Fsp3) is 0.250. The van der Waals surface area contributed by atoms with Crippen molar-refractivity contribution in [3.8, 4) is 0 Å². The maximum Gasteiger partial charge on any atom is 0.326 e. The molecule has 0 aliphatic rings. The van der Waals surface area contributed by atoms with Crippen molar-refractivity contribution in [1.29, 1.82) is 0 Å². The Labute approximate surface area is 74.4 Å². The molecule has 0 saturated carbocycles. The first-order valence-electron chi connectivity index (χ1n) is 3.73. The number of anilines is 1. The standard InChI is InChI=1S/C8H10N2O3/c1-5(8(12)13)10-4-2-3-6(9)7(10)11/h2-5H,9H2,1H3,(H,12,13). The molecule has 0 spiro atoms. The molecule has 0 aliphatic carbocycles. The lowest BCUT2D eigenvalue weighted by molar-refractivity contribution is -0.140. The highest BCUT2D eigenvalue weighted by atomic mass is 16.4. The Morgan fingerprint density at radius 3 is 2.85 bits per heavy atom. The molecule has 5 nitrogen and oxygen atoms in total. The molecule has 0 fully saturated rings. The number of rotatable bonds is 2. The number of carbonyl (C=O) groups is 1. The van der Waals surface area contributed by atoms with E-state index in [2.05, 4.69) is 0 Å². The first-order chi connectivity index (χ1) is 6.04. The van der Waals surface area contributed by atoms with Gasteiger partial charge in [0, 0.05) is 6.20 Å². The molecule has 0 saturated heterocycles. The average molecular weight is 182 g/mol. The topological polar surface area (TPSA) is 85.3 Å². The molecule has 5 heteroatoms. The van der Waals surface area contributed by atoms with Gasteiger partial charge in [0.1, 0.15) is 6.04 Å². The Morgan fingerprint density at radius 1 is 1.69 bits per heavy atom. The van der Waals surface area contributed by atoms with Gasteiger partial charge in [-0.15, -0.1) is 0 Å². The van der Waals surface area contributed by atoms with Crippen molar-refractivity contribution < 1.29 is 9.90 Å². The number of carboxylic acids is 1. The molecule has 1 unspecified atom stereocenters. The fourth-order valence-electron chi connectivity index (χ4n) is 0.951. The van der Waals surface area contributed by atoms with Crippen molar-refractivity contribution in [2.75, 3.05) is 5.73 Å². The predicted molar refractivity (Wildman–Crippen MR) is 47.5 cm³/mol. The molecule has 13 heavy (non-hydrogen) atoms. The number of aromatic nitrogens is 1. The Kier molecular flexibility index (Phi) is 2.36. The first kappa shape index (κ1) is 9.31. The third-order valence-corrected chi connectivity index (χ3v) is 1.78. The van der Waals surface area contributed by atoms with E-state index >= 15 is 0 Å². The van der Waals surface area contributed by atoms with Gasteiger partial charge in [0.25, 0.3) is 5.56 Å². The first-order valence-corrected chi connectivity index (χ1v) is 3.73. The Balaban J connectivity index is 3.23. The minimum Gasteiger partial charge on any atom is -0.480 e. The summed E-state index contributed by atoms with van der Waals surface area (Å²) in [4.78, 5) is 21.9. The highest BCUT2D eigenvalue weighted by Gasteiger charge is 2.14. The van der Waals surface area contributed by atoms with Crippen molar-refractivity contribution in [3.05, 3.63) is 28.7 Å². The molecule has 0 radical (unpaired) electrons. The van der Waals surface area contributed by atoms with Crippen LogP contribution in [0.2, 0.25) is 0 Å². The lowest BCUT2D eigenvalue weighted by Crippen LogP contribution is -2.28. The van der Waals surface area contributed by atoms with E-state index in [1.807, 2.05) is 0 Å². The van der Waals surface area contributed by atoms with Gasteiger partial charge in [-0.1, -0.05) is 0 Å². The lowest BCUT2D eigenvalue weighted by atomic mass is 10.3. The number of carboxylic acid groups (broad SMARTS) is 1. The SMILES string of the molecule is CC(C(=O)O)n1cccc(N)c1=O. The third kappa shape index (κ3) is 1.69. The van der Waals surface area contributed by atoms with Gasteiger partial charge in [-0.05, 0) is 19.1 Å².